The second-order valence-corrected chi connectivity index (χ2v) is 4.78. The minimum Gasteiger partial charge on any atom is -0.480 e. The molecule has 5 nitrogen and oxygen atoms in total. The fourth-order valence-corrected chi connectivity index (χ4v) is 2.78. The molecule has 1 fully saturated rings. The highest BCUT2D eigenvalue weighted by Gasteiger charge is 2.25. The van der Waals surface area contributed by atoms with Crippen molar-refractivity contribution in [2.24, 2.45) is 0 Å². The molecule has 1 aromatic heterocycles. The first-order valence-corrected chi connectivity index (χ1v) is 6.23. The maximum Gasteiger partial charge on any atom is 0.337 e. The molecule has 0 spiro atoms. The van der Waals surface area contributed by atoms with Crippen LogP contribution in [0.2, 0.25) is 0 Å². The number of aliphatic carboxylic acids is 1. The van der Waals surface area contributed by atoms with Gasteiger partial charge in [-0.1, -0.05) is 19.3 Å². The lowest BCUT2D eigenvalue weighted by Gasteiger charge is -2.24. The molecule has 1 saturated carbocycles. The molecule has 98 valence electrons. The lowest BCUT2D eigenvalue weighted by Crippen LogP contribution is -2.17. The van der Waals surface area contributed by atoms with Crippen LogP contribution in [0.5, 0.6) is 0 Å². The van der Waals surface area contributed by atoms with Crippen molar-refractivity contribution in [1.29, 1.82) is 0 Å². The molecule has 0 bridgehead atoms. The molecule has 5 heteroatoms. The number of rotatable bonds is 4. The molecular weight excluding hydrogens is 234 g/mol. The first-order valence-electron chi connectivity index (χ1n) is 6.23. The third kappa shape index (κ3) is 2.55. The Morgan fingerprint density at radius 1 is 1.22 bits per heavy atom. The standard InChI is InChI=1S/C13H17NO4/c15-11(16)8-14-7-6-10(13(17)18)12(14)9-4-2-1-3-5-9/h6-7,9H,1-5,8H2,(H,15,16)(H,17,18). The third-order valence-corrected chi connectivity index (χ3v) is 3.53. The molecule has 1 aliphatic rings. The summed E-state index contributed by atoms with van der Waals surface area (Å²) in [6, 6.07) is 1.51. The van der Waals surface area contributed by atoms with E-state index in [2.05, 4.69) is 0 Å². The summed E-state index contributed by atoms with van der Waals surface area (Å²) in [5.41, 5.74) is 0.938. The van der Waals surface area contributed by atoms with Gasteiger partial charge >= 0.3 is 11.9 Å². The summed E-state index contributed by atoms with van der Waals surface area (Å²) in [7, 11) is 0. The second-order valence-electron chi connectivity index (χ2n) is 4.78. The van der Waals surface area contributed by atoms with Gasteiger partial charge in [0.25, 0.3) is 0 Å². The Morgan fingerprint density at radius 3 is 2.44 bits per heavy atom. The fraction of sp³-hybridized carbons (Fsp3) is 0.538. The lowest BCUT2D eigenvalue weighted by molar-refractivity contribution is -0.137. The minimum atomic E-state index is -0.972. The van der Waals surface area contributed by atoms with Gasteiger partial charge < -0.3 is 14.8 Å². The van der Waals surface area contributed by atoms with Crippen molar-refractivity contribution in [3.63, 3.8) is 0 Å². The number of carbonyl (C=O) groups is 2. The molecule has 0 atom stereocenters. The molecule has 1 aromatic rings. The van der Waals surface area contributed by atoms with E-state index in [1.54, 1.807) is 10.8 Å². The van der Waals surface area contributed by atoms with E-state index < -0.39 is 11.9 Å². The van der Waals surface area contributed by atoms with Crippen LogP contribution in [0.1, 0.15) is 54.1 Å². The predicted molar refractivity (Wildman–Crippen MR) is 64.9 cm³/mol. The van der Waals surface area contributed by atoms with Crippen molar-refractivity contribution >= 4 is 11.9 Å². The van der Waals surface area contributed by atoms with Gasteiger partial charge in [-0.3, -0.25) is 4.79 Å². The number of aromatic carboxylic acids is 1. The highest BCUT2D eigenvalue weighted by molar-refractivity contribution is 5.89. The van der Waals surface area contributed by atoms with Crippen LogP contribution in [0.3, 0.4) is 0 Å². The summed E-state index contributed by atoms with van der Waals surface area (Å²) in [4.78, 5) is 22.0. The summed E-state index contributed by atoms with van der Waals surface area (Å²) >= 11 is 0. The van der Waals surface area contributed by atoms with E-state index in [1.165, 1.54) is 12.5 Å². The molecule has 1 aliphatic carbocycles. The highest BCUT2D eigenvalue weighted by atomic mass is 16.4. The topological polar surface area (TPSA) is 79.5 Å². The Labute approximate surface area is 105 Å². The molecule has 0 amide bonds. The van der Waals surface area contributed by atoms with Crippen molar-refractivity contribution < 1.29 is 19.8 Å². The van der Waals surface area contributed by atoms with E-state index in [0.717, 1.165) is 25.7 Å². The molecule has 2 N–H and O–H groups in total. The molecule has 0 radical (unpaired) electrons. The van der Waals surface area contributed by atoms with Crippen LogP contribution in [-0.4, -0.2) is 26.7 Å². The molecule has 18 heavy (non-hydrogen) atoms. The van der Waals surface area contributed by atoms with Gasteiger partial charge in [-0.25, -0.2) is 4.79 Å². The Morgan fingerprint density at radius 2 is 1.89 bits per heavy atom. The third-order valence-electron chi connectivity index (χ3n) is 3.53. The Hall–Kier alpha value is -1.78. The molecule has 0 saturated heterocycles. The van der Waals surface area contributed by atoms with Gasteiger partial charge in [0.2, 0.25) is 0 Å². The molecule has 1 heterocycles. The Bertz CT molecular complexity index is 458. The van der Waals surface area contributed by atoms with E-state index >= 15 is 0 Å². The summed E-state index contributed by atoms with van der Waals surface area (Å²) in [5, 5.41) is 18.1. The average Bonchev–Trinajstić information content (AvgIpc) is 2.73. The zero-order valence-electron chi connectivity index (χ0n) is 10.1. The van der Waals surface area contributed by atoms with Crippen LogP contribution in [0.25, 0.3) is 0 Å². The average molecular weight is 251 g/mol. The van der Waals surface area contributed by atoms with Crippen LogP contribution in [0, 0.1) is 0 Å². The van der Waals surface area contributed by atoms with Crippen molar-refractivity contribution in [3.05, 3.63) is 23.5 Å². The first kappa shape index (κ1) is 12.7. The normalized spacial score (nSPS) is 16.7. The Balaban J connectivity index is 2.35. The molecule has 0 unspecified atom stereocenters. The summed E-state index contributed by atoms with van der Waals surface area (Å²) < 4.78 is 1.57. The second kappa shape index (κ2) is 5.25. The zero-order valence-corrected chi connectivity index (χ0v) is 10.1. The van der Waals surface area contributed by atoms with Crippen LogP contribution in [0.4, 0.5) is 0 Å². The summed E-state index contributed by atoms with van der Waals surface area (Å²) in [5.74, 6) is -1.74. The summed E-state index contributed by atoms with van der Waals surface area (Å²) in [6.07, 6.45) is 6.82. The first-order chi connectivity index (χ1) is 8.59. The van der Waals surface area contributed by atoms with Gasteiger partial charge in [-0.15, -0.1) is 0 Å². The van der Waals surface area contributed by atoms with E-state index in [1.807, 2.05) is 0 Å². The number of aromatic nitrogens is 1. The molecule has 0 aliphatic heterocycles. The fourth-order valence-electron chi connectivity index (χ4n) is 2.78. The van der Waals surface area contributed by atoms with Gasteiger partial charge in [0.05, 0.1) is 5.56 Å². The molecule has 0 aromatic carbocycles. The number of nitrogens with zero attached hydrogens (tertiary/aromatic N) is 1. The van der Waals surface area contributed by atoms with Crippen LogP contribution in [0.15, 0.2) is 12.3 Å². The largest absolute Gasteiger partial charge is 0.480 e. The monoisotopic (exact) mass is 251 g/mol. The quantitative estimate of drug-likeness (QED) is 0.860. The number of carboxylic acids is 2. The van der Waals surface area contributed by atoms with Gasteiger partial charge in [0, 0.05) is 17.8 Å². The molecule has 2 rings (SSSR count). The van der Waals surface area contributed by atoms with Crippen molar-refractivity contribution in [2.75, 3.05) is 0 Å². The number of hydrogen-bond donors (Lipinski definition) is 2. The summed E-state index contributed by atoms with van der Waals surface area (Å²) in [6.45, 7) is -0.168. The zero-order chi connectivity index (χ0) is 13.1. The van der Waals surface area contributed by atoms with Crippen molar-refractivity contribution in [3.8, 4) is 0 Å². The van der Waals surface area contributed by atoms with Crippen LogP contribution >= 0.6 is 0 Å². The van der Waals surface area contributed by atoms with E-state index in [-0.39, 0.29) is 18.0 Å². The van der Waals surface area contributed by atoms with E-state index in [4.69, 9.17) is 5.11 Å². The van der Waals surface area contributed by atoms with Gasteiger partial charge in [0.15, 0.2) is 0 Å². The highest BCUT2D eigenvalue weighted by Crippen LogP contribution is 2.35. The van der Waals surface area contributed by atoms with Crippen LogP contribution in [-0.2, 0) is 11.3 Å². The minimum absolute atomic E-state index is 0.168. The maximum atomic E-state index is 11.2. The van der Waals surface area contributed by atoms with Gasteiger partial charge in [0.1, 0.15) is 6.54 Å². The number of carboxylic acid groups (broad SMARTS) is 2. The van der Waals surface area contributed by atoms with Crippen molar-refractivity contribution in [1.82, 2.24) is 4.57 Å². The van der Waals surface area contributed by atoms with Gasteiger partial charge in [-0.05, 0) is 18.9 Å². The predicted octanol–water partition coefficient (Wildman–Crippen LogP) is 2.32. The van der Waals surface area contributed by atoms with E-state index in [0.29, 0.717) is 5.69 Å². The smallest absolute Gasteiger partial charge is 0.337 e. The lowest BCUT2D eigenvalue weighted by atomic mass is 9.85. The molecular formula is C13H17NO4. The Kier molecular flexibility index (Phi) is 3.69. The maximum absolute atomic E-state index is 11.2. The van der Waals surface area contributed by atoms with Gasteiger partial charge in [-0.2, -0.15) is 0 Å². The number of hydrogen-bond acceptors (Lipinski definition) is 2. The SMILES string of the molecule is O=C(O)Cn1ccc(C(=O)O)c1C1CCCCC1. The van der Waals surface area contributed by atoms with Crippen molar-refractivity contribution in [2.45, 2.75) is 44.6 Å². The van der Waals surface area contributed by atoms with Crippen LogP contribution < -0.4 is 0 Å². The van der Waals surface area contributed by atoms with E-state index in [9.17, 15) is 14.7 Å².